The number of carboxylic acid groups (broad SMARTS) is 1. The van der Waals surface area contributed by atoms with Crippen LogP contribution in [0, 0.1) is 0 Å². The maximum absolute atomic E-state index is 12.5. The molecule has 0 spiro atoms. The third-order valence-corrected chi connectivity index (χ3v) is 8.77. The van der Waals surface area contributed by atoms with Gasteiger partial charge in [-0.2, -0.15) is 0 Å². The molecule has 12 nitrogen and oxygen atoms in total. The van der Waals surface area contributed by atoms with E-state index in [4.69, 9.17) is 23.6 Å². The van der Waals surface area contributed by atoms with E-state index in [1.165, 1.54) is 57.8 Å². The normalized spacial score (nSPS) is 13.7. The zero-order chi connectivity index (χ0) is 36.8. The van der Waals surface area contributed by atoms with Crippen molar-refractivity contribution in [3.8, 4) is 0 Å². The molecular weight excluding hydrogens is 653 g/mol. The number of Topliss-reactive ketones (excluding diaryl/α,β-unsaturated/α-hetero) is 1. The molecule has 0 radical (unpaired) electrons. The summed E-state index contributed by atoms with van der Waals surface area (Å²) in [6.45, 7) is 1.91. The number of phosphoric ester groups is 1. The fraction of sp³-hybridized carbons (Fsp3) is 0.833. The van der Waals surface area contributed by atoms with Crippen molar-refractivity contribution in [3.05, 3.63) is 12.2 Å². The van der Waals surface area contributed by atoms with E-state index in [-0.39, 0.29) is 51.1 Å². The number of allylic oxidation sites excluding steroid dienone is 2. The highest BCUT2D eigenvalue weighted by molar-refractivity contribution is 7.47. The second kappa shape index (κ2) is 29.6. The molecule has 0 aromatic carbocycles. The zero-order valence-electron chi connectivity index (χ0n) is 30.9. The Labute approximate surface area is 295 Å². The van der Waals surface area contributed by atoms with Gasteiger partial charge in [0.05, 0.1) is 34.2 Å². The second-order valence-corrected chi connectivity index (χ2v) is 15.2. The van der Waals surface area contributed by atoms with E-state index < -0.39 is 38.4 Å². The lowest BCUT2D eigenvalue weighted by atomic mass is 10.0. The van der Waals surface area contributed by atoms with Crippen LogP contribution in [-0.4, -0.2) is 91.8 Å². The lowest BCUT2D eigenvalue weighted by Gasteiger charge is -2.24. The number of phosphoric acid groups is 1. The molecule has 0 rings (SSSR count). The molecule has 13 heteroatoms. The van der Waals surface area contributed by atoms with Gasteiger partial charge >= 0.3 is 25.7 Å². The Morgan fingerprint density at radius 1 is 0.694 bits per heavy atom. The molecule has 0 aliphatic carbocycles. The van der Waals surface area contributed by atoms with Crippen LogP contribution in [0.15, 0.2) is 12.2 Å². The Balaban J connectivity index is 4.52. The number of likely N-dealkylation sites (N-methyl/N-ethyl adjacent to an activating group) is 1. The van der Waals surface area contributed by atoms with Crippen molar-refractivity contribution in [2.45, 2.75) is 148 Å². The Morgan fingerprint density at radius 2 is 1.24 bits per heavy atom. The average Bonchev–Trinajstić information content (AvgIpc) is 3.02. The molecule has 286 valence electrons. The van der Waals surface area contributed by atoms with Crippen molar-refractivity contribution in [2.75, 3.05) is 47.5 Å². The van der Waals surface area contributed by atoms with Crippen LogP contribution in [0.4, 0.5) is 0 Å². The molecule has 0 aromatic heterocycles. The van der Waals surface area contributed by atoms with E-state index in [9.17, 15) is 28.6 Å². The maximum atomic E-state index is 12.5. The molecule has 0 saturated heterocycles. The van der Waals surface area contributed by atoms with Gasteiger partial charge in [-0.15, -0.1) is 0 Å². The second-order valence-electron chi connectivity index (χ2n) is 13.8. The van der Waals surface area contributed by atoms with Gasteiger partial charge in [0.1, 0.15) is 25.5 Å². The fourth-order valence-corrected chi connectivity index (χ4v) is 5.50. The highest BCUT2D eigenvalue weighted by Gasteiger charge is 2.27. The lowest BCUT2D eigenvalue weighted by Crippen LogP contribution is -2.37. The molecule has 2 atom stereocenters. The van der Waals surface area contributed by atoms with Crippen molar-refractivity contribution >= 4 is 31.5 Å². The monoisotopic (exact) mass is 720 g/mol. The summed E-state index contributed by atoms with van der Waals surface area (Å²) in [5.41, 5.74) is 0. The summed E-state index contributed by atoms with van der Waals surface area (Å²) in [7, 11) is 1.32. The Hall–Kier alpha value is -2.11. The van der Waals surface area contributed by atoms with Gasteiger partial charge in [-0.05, 0) is 25.7 Å². The van der Waals surface area contributed by atoms with Gasteiger partial charge in [0.15, 0.2) is 6.10 Å². The summed E-state index contributed by atoms with van der Waals surface area (Å²) in [5.74, 6) is -2.14. The molecule has 0 fully saturated rings. The first-order chi connectivity index (χ1) is 23.2. The standard InChI is InChI=1S/C36H66NO11P/c1-5-6-7-8-9-10-11-12-13-14-15-18-21-24-35(41)45-30-33(31-47-49(43,44)46-29-28-37(2,3)4)48-36(42)25-22-19-16-17-20-23-32(38)26-27-34(39)40/h17,20,33H,5-16,18-19,21-31H2,1-4H3,(H-,39,40,43,44)/p+1/t33-/m1/s1. The van der Waals surface area contributed by atoms with Crippen molar-refractivity contribution in [2.24, 2.45) is 0 Å². The van der Waals surface area contributed by atoms with Crippen molar-refractivity contribution in [3.63, 3.8) is 0 Å². The number of hydrogen-bond donors (Lipinski definition) is 2. The molecule has 49 heavy (non-hydrogen) atoms. The van der Waals surface area contributed by atoms with Crippen molar-refractivity contribution in [1.82, 2.24) is 0 Å². The van der Waals surface area contributed by atoms with Crippen LogP contribution in [0.5, 0.6) is 0 Å². The first-order valence-corrected chi connectivity index (χ1v) is 19.9. The lowest BCUT2D eigenvalue weighted by molar-refractivity contribution is -0.870. The van der Waals surface area contributed by atoms with Gasteiger partial charge in [-0.25, -0.2) is 4.57 Å². The van der Waals surface area contributed by atoms with E-state index in [2.05, 4.69) is 6.92 Å². The molecule has 0 heterocycles. The van der Waals surface area contributed by atoms with Crippen LogP contribution in [-0.2, 0) is 42.3 Å². The summed E-state index contributed by atoms with van der Waals surface area (Å²) < 4.78 is 33.8. The smallest absolute Gasteiger partial charge is 0.472 e. The molecule has 0 aliphatic rings. The number of carbonyl (C=O) groups excluding carboxylic acids is 3. The SMILES string of the molecule is CCCCCCCCCCCCCCCC(=O)OC[C@H](COP(=O)(O)OCC[N+](C)(C)C)OC(=O)CCCCC=CCC(=O)CCC(=O)O. The summed E-state index contributed by atoms with van der Waals surface area (Å²) in [6, 6.07) is 0. The van der Waals surface area contributed by atoms with Gasteiger partial charge in [-0.3, -0.25) is 28.2 Å². The summed E-state index contributed by atoms with van der Waals surface area (Å²) in [6.07, 6.45) is 20.1. The number of quaternary nitrogens is 1. The highest BCUT2D eigenvalue weighted by Crippen LogP contribution is 2.43. The molecule has 0 saturated carbocycles. The first kappa shape index (κ1) is 46.9. The van der Waals surface area contributed by atoms with E-state index in [0.29, 0.717) is 36.7 Å². The van der Waals surface area contributed by atoms with Crippen molar-refractivity contribution < 1.29 is 56.7 Å². The number of ketones is 1. The summed E-state index contributed by atoms with van der Waals surface area (Å²) in [5, 5.41) is 8.64. The number of nitrogens with zero attached hydrogens (tertiary/aromatic N) is 1. The molecule has 0 aromatic rings. The maximum Gasteiger partial charge on any atom is 0.472 e. The average molecular weight is 721 g/mol. The number of carbonyl (C=O) groups is 4. The van der Waals surface area contributed by atoms with Gasteiger partial charge < -0.3 is 24.0 Å². The highest BCUT2D eigenvalue weighted by atomic mass is 31.2. The number of aliphatic carboxylic acids is 1. The number of rotatable bonds is 34. The fourth-order valence-electron chi connectivity index (χ4n) is 4.76. The van der Waals surface area contributed by atoms with E-state index in [1.54, 1.807) is 6.08 Å². The van der Waals surface area contributed by atoms with Gasteiger partial charge in [0.2, 0.25) is 0 Å². The van der Waals surface area contributed by atoms with Crippen LogP contribution < -0.4 is 0 Å². The Morgan fingerprint density at radius 3 is 1.82 bits per heavy atom. The van der Waals surface area contributed by atoms with Gasteiger partial charge in [-0.1, -0.05) is 96.1 Å². The molecule has 0 aliphatic heterocycles. The number of esters is 2. The molecule has 2 N–H and O–H groups in total. The van der Waals surface area contributed by atoms with Gasteiger partial charge in [0, 0.05) is 25.7 Å². The molecule has 0 amide bonds. The Bertz CT molecular complexity index is 981. The third kappa shape index (κ3) is 34.1. The van der Waals surface area contributed by atoms with Crippen LogP contribution in [0.1, 0.15) is 142 Å². The minimum atomic E-state index is -4.42. The predicted molar refractivity (Wildman–Crippen MR) is 190 cm³/mol. The van der Waals surface area contributed by atoms with Gasteiger partial charge in [0.25, 0.3) is 0 Å². The number of ether oxygens (including phenoxy) is 2. The van der Waals surface area contributed by atoms with E-state index in [0.717, 1.165) is 19.3 Å². The number of carboxylic acids is 1. The van der Waals surface area contributed by atoms with Crippen LogP contribution in [0.25, 0.3) is 0 Å². The molecular formula is C36H67NO11P+. The zero-order valence-corrected chi connectivity index (χ0v) is 31.8. The number of hydrogen-bond acceptors (Lipinski definition) is 9. The molecule has 0 bridgehead atoms. The minimum Gasteiger partial charge on any atom is -0.481 e. The third-order valence-electron chi connectivity index (χ3n) is 7.78. The summed E-state index contributed by atoms with van der Waals surface area (Å²) >= 11 is 0. The van der Waals surface area contributed by atoms with Crippen molar-refractivity contribution in [1.29, 1.82) is 0 Å². The quantitative estimate of drug-likeness (QED) is 0.0220. The van der Waals surface area contributed by atoms with Crippen LogP contribution in [0.3, 0.4) is 0 Å². The Kier molecular flexibility index (Phi) is 28.3. The number of unbranched alkanes of at least 4 members (excludes halogenated alkanes) is 14. The van der Waals surface area contributed by atoms with Crippen LogP contribution >= 0.6 is 7.82 Å². The molecule has 1 unspecified atom stereocenters. The predicted octanol–water partition coefficient (Wildman–Crippen LogP) is 7.70. The largest absolute Gasteiger partial charge is 0.481 e. The first-order valence-electron chi connectivity index (χ1n) is 18.4. The minimum absolute atomic E-state index is 0.000766. The van der Waals surface area contributed by atoms with E-state index in [1.807, 2.05) is 27.2 Å². The van der Waals surface area contributed by atoms with Crippen LogP contribution in [0.2, 0.25) is 0 Å². The summed E-state index contributed by atoms with van der Waals surface area (Å²) in [4.78, 5) is 57.2. The topological polar surface area (TPSA) is 163 Å². The van der Waals surface area contributed by atoms with E-state index >= 15 is 0 Å².